The van der Waals surface area contributed by atoms with Gasteiger partial charge in [0.05, 0.1) is 11.1 Å². The third kappa shape index (κ3) is 1.66. The second kappa shape index (κ2) is 4.03. The third-order valence-electron chi connectivity index (χ3n) is 3.85. The molecule has 3 rings (SSSR count). The highest BCUT2D eigenvalue weighted by Gasteiger charge is 2.42. The summed E-state index contributed by atoms with van der Waals surface area (Å²) in [5.41, 5.74) is 8.69. The summed E-state index contributed by atoms with van der Waals surface area (Å²) < 4.78 is 0. The Labute approximate surface area is 117 Å². The minimum Gasteiger partial charge on any atom is -0.382 e. The predicted octanol–water partition coefficient (Wildman–Crippen LogP) is 1.98. The van der Waals surface area contributed by atoms with Crippen molar-refractivity contribution in [2.75, 3.05) is 17.7 Å². The molecule has 1 aliphatic rings. The van der Waals surface area contributed by atoms with Gasteiger partial charge in [-0.3, -0.25) is 4.79 Å². The number of carbonyl (C=O) groups is 1. The monoisotopic (exact) mass is 268 g/mol. The minimum absolute atomic E-state index is 0.105. The number of rotatable bonds is 1. The van der Waals surface area contributed by atoms with Crippen LogP contribution in [0.1, 0.15) is 19.4 Å². The first-order valence-corrected chi connectivity index (χ1v) is 6.43. The fourth-order valence-electron chi connectivity index (χ4n) is 2.63. The summed E-state index contributed by atoms with van der Waals surface area (Å²) in [5.74, 6) is 0.498. The van der Waals surface area contributed by atoms with Gasteiger partial charge in [0.15, 0.2) is 0 Å². The number of amides is 1. The number of likely N-dealkylation sites (N-methyl/N-ethyl adjacent to an activating group) is 1. The highest BCUT2D eigenvalue weighted by molar-refractivity contribution is 6.07. The molecule has 0 spiro atoms. The van der Waals surface area contributed by atoms with E-state index in [-0.39, 0.29) is 5.91 Å². The molecule has 20 heavy (non-hydrogen) atoms. The molecule has 1 amide bonds. The van der Waals surface area contributed by atoms with Gasteiger partial charge in [0.25, 0.3) is 0 Å². The van der Waals surface area contributed by atoms with Gasteiger partial charge in [0.2, 0.25) is 5.91 Å². The molecule has 5 heteroatoms. The van der Waals surface area contributed by atoms with Crippen LogP contribution in [0.15, 0.2) is 30.3 Å². The van der Waals surface area contributed by atoms with Crippen molar-refractivity contribution in [2.24, 2.45) is 0 Å². The number of benzene rings is 1. The summed E-state index contributed by atoms with van der Waals surface area (Å²) in [4.78, 5) is 14.0. The van der Waals surface area contributed by atoms with E-state index in [2.05, 4.69) is 10.2 Å². The van der Waals surface area contributed by atoms with Crippen LogP contribution in [0.3, 0.4) is 0 Å². The van der Waals surface area contributed by atoms with E-state index in [1.165, 1.54) is 0 Å². The number of nitrogens with two attached hydrogens (primary N) is 1. The Hall–Kier alpha value is -2.43. The van der Waals surface area contributed by atoms with Crippen LogP contribution in [-0.4, -0.2) is 23.2 Å². The Morgan fingerprint density at radius 1 is 1.15 bits per heavy atom. The number of carbonyl (C=O) groups excluding carboxylic acids is 1. The molecule has 1 aromatic carbocycles. The number of hydrogen-bond acceptors (Lipinski definition) is 4. The first kappa shape index (κ1) is 12.6. The fraction of sp³-hybridized carbons (Fsp3) is 0.267. The molecule has 0 unspecified atom stereocenters. The number of nitrogen functional groups attached to an aromatic ring is 1. The molecule has 0 saturated heterocycles. The Morgan fingerprint density at radius 2 is 1.90 bits per heavy atom. The topological polar surface area (TPSA) is 72.1 Å². The van der Waals surface area contributed by atoms with Gasteiger partial charge >= 0.3 is 0 Å². The summed E-state index contributed by atoms with van der Waals surface area (Å²) in [7, 11) is 1.80. The summed E-state index contributed by atoms with van der Waals surface area (Å²) >= 11 is 0. The average molecular weight is 268 g/mol. The van der Waals surface area contributed by atoms with Gasteiger partial charge < -0.3 is 10.6 Å². The molecule has 1 aromatic heterocycles. The number of aromatic nitrogens is 2. The highest BCUT2D eigenvalue weighted by atomic mass is 16.2. The van der Waals surface area contributed by atoms with Crippen molar-refractivity contribution in [3.63, 3.8) is 0 Å². The SMILES string of the molecule is CN1C(=O)C(C)(C)c2cc(-c3ccc(N)nn3)ccc21. The molecule has 0 atom stereocenters. The average Bonchev–Trinajstić information content (AvgIpc) is 2.61. The number of fused-ring (bicyclic) bond motifs is 1. The molecule has 2 aromatic rings. The number of hydrogen-bond donors (Lipinski definition) is 1. The van der Waals surface area contributed by atoms with Crippen LogP contribution in [-0.2, 0) is 10.2 Å². The molecule has 2 heterocycles. The molecule has 2 N–H and O–H groups in total. The van der Waals surface area contributed by atoms with Gasteiger partial charge in [-0.1, -0.05) is 6.07 Å². The van der Waals surface area contributed by atoms with Crippen molar-refractivity contribution in [1.82, 2.24) is 10.2 Å². The number of anilines is 2. The van der Waals surface area contributed by atoms with Crippen molar-refractivity contribution < 1.29 is 4.79 Å². The summed E-state index contributed by atoms with van der Waals surface area (Å²) in [5, 5.41) is 7.95. The zero-order chi connectivity index (χ0) is 14.5. The van der Waals surface area contributed by atoms with Crippen LogP contribution >= 0.6 is 0 Å². The van der Waals surface area contributed by atoms with Gasteiger partial charge in [0.1, 0.15) is 5.82 Å². The van der Waals surface area contributed by atoms with Gasteiger partial charge in [-0.05, 0) is 43.7 Å². The molecule has 1 aliphatic heterocycles. The second-order valence-electron chi connectivity index (χ2n) is 5.56. The Bertz CT molecular complexity index is 692. The van der Waals surface area contributed by atoms with Gasteiger partial charge in [0, 0.05) is 18.3 Å². The smallest absolute Gasteiger partial charge is 0.236 e. The van der Waals surface area contributed by atoms with E-state index in [1.54, 1.807) is 18.0 Å². The lowest BCUT2D eigenvalue weighted by Gasteiger charge is -2.16. The predicted molar refractivity (Wildman–Crippen MR) is 78.3 cm³/mol. The maximum Gasteiger partial charge on any atom is 0.236 e. The molecule has 0 bridgehead atoms. The molecule has 102 valence electrons. The normalized spacial score (nSPS) is 16.4. The molecule has 0 saturated carbocycles. The first-order valence-electron chi connectivity index (χ1n) is 6.43. The zero-order valence-electron chi connectivity index (χ0n) is 11.7. The first-order chi connectivity index (χ1) is 9.41. The quantitative estimate of drug-likeness (QED) is 0.858. The van der Waals surface area contributed by atoms with E-state index < -0.39 is 5.41 Å². The lowest BCUT2D eigenvalue weighted by Crippen LogP contribution is -2.33. The van der Waals surface area contributed by atoms with Crippen LogP contribution in [0.25, 0.3) is 11.3 Å². The molecular formula is C15H16N4O. The van der Waals surface area contributed by atoms with Crippen molar-refractivity contribution >= 4 is 17.4 Å². The number of nitrogens with zero attached hydrogens (tertiary/aromatic N) is 3. The molecular weight excluding hydrogens is 252 g/mol. The van der Waals surface area contributed by atoms with E-state index in [0.29, 0.717) is 5.82 Å². The van der Waals surface area contributed by atoms with E-state index >= 15 is 0 Å². The Balaban J connectivity index is 2.13. The van der Waals surface area contributed by atoms with Crippen LogP contribution in [0.2, 0.25) is 0 Å². The maximum absolute atomic E-state index is 12.3. The Kier molecular flexibility index (Phi) is 2.54. The van der Waals surface area contributed by atoms with Gasteiger partial charge in [-0.15, -0.1) is 10.2 Å². The van der Waals surface area contributed by atoms with Crippen molar-refractivity contribution in [3.8, 4) is 11.3 Å². The van der Waals surface area contributed by atoms with E-state index in [1.807, 2.05) is 38.1 Å². The zero-order valence-corrected chi connectivity index (χ0v) is 11.7. The van der Waals surface area contributed by atoms with E-state index in [4.69, 9.17) is 5.73 Å². The van der Waals surface area contributed by atoms with Gasteiger partial charge in [-0.2, -0.15) is 0 Å². The van der Waals surface area contributed by atoms with Crippen molar-refractivity contribution in [2.45, 2.75) is 19.3 Å². The van der Waals surface area contributed by atoms with Crippen molar-refractivity contribution in [3.05, 3.63) is 35.9 Å². The van der Waals surface area contributed by atoms with Crippen LogP contribution < -0.4 is 10.6 Å². The molecule has 0 radical (unpaired) electrons. The maximum atomic E-state index is 12.3. The Morgan fingerprint density at radius 3 is 2.55 bits per heavy atom. The minimum atomic E-state index is -0.513. The largest absolute Gasteiger partial charge is 0.382 e. The second-order valence-corrected chi connectivity index (χ2v) is 5.56. The standard InChI is InChI=1S/C15H16N4O/c1-15(2)10-8-9(11-5-7-13(16)18-17-11)4-6-12(10)19(3)14(15)20/h4-8H,1-3H3,(H2,16,18). The lowest BCUT2D eigenvalue weighted by molar-refractivity contribution is -0.121. The summed E-state index contributed by atoms with van der Waals surface area (Å²) in [6, 6.07) is 9.46. The van der Waals surface area contributed by atoms with E-state index in [9.17, 15) is 4.79 Å². The molecule has 0 aliphatic carbocycles. The van der Waals surface area contributed by atoms with Gasteiger partial charge in [-0.25, -0.2) is 0 Å². The summed E-state index contributed by atoms with van der Waals surface area (Å²) in [6.45, 7) is 3.88. The fourth-order valence-corrected chi connectivity index (χ4v) is 2.63. The van der Waals surface area contributed by atoms with Crippen LogP contribution in [0.4, 0.5) is 11.5 Å². The highest BCUT2D eigenvalue weighted by Crippen LogP contribution is 2.42. The molecule has 0 fully saturated rings. The lowest BCUT2D eigenvalue weighted by atomic mass is 9.85. The summed E-state index contributed by atoms with van der Waals surface area (Å²) in [6.07, 6.45) is 0. The van der Waals surface area contributed by atoms with Crippen LogP contribution in [0, 0.1) is 0 Å². The van der Waals surface area contributed by atoms with Crippen molar-refractivity contribution in [1.29, 1.82) is 0 Å². The van der Waals surface area contributed by atoms with E-state index in [0.717, 1.165) is 22.5 Å². The molecule has 5 nitrogen and oxygen atoms in total. The third-order valence-corrected chi connectivity index (χ3v) is 3.85. The van der Waals surface area contributed by atoms with Crippen LogP contribution in [0.5, 0.6) is 0 Å².